The first kappa shape index (κ1) is 17.6. The summed E-state index contributed by atoms with van der Waals surface area (Å²) in [5.74, 6) is 0. The lowest BCUT2D eigenvalue weighted by Gasteiger charge is -2.30. The Balaban J connectivity index is 1.98. The molecule has 0 saturated heterocycles. The first-order valence-electron chi connectivity index (χ1n) is 7.85. The molecule has 1 atom stereocenters. The van der Waals surface area contributed by atoms with Crippen LogP contribution < -0.4 is 16.0 Å². The number of nitrogens with zero attached hydrogens (tertiary/aromatic N) is 1. The number of nitro benzene ring substituents is 1. The fraction of sp³-hybridized carbons (Fsp3) is 0.111. The van der Waals surface area contributed by atoms with Crippen LogP contribution in [-0.4, -0.2) is 15.9 Å². The van der Waals surface area contributed by atoms with Crippen molar-refractivity contribution in [1.82, 2.24) is 10.6 Å². The van der Waals surface area contributed by atoms with Crippen LogP contribution in [0.2, 0.25) is 0 Å². The van der Waals surface area contributed by atoms with Gasteiger partial charge in [-0.15, -0.1) is 0 Å². The zero-order valence-electron chi connectivity index (χ0n) is 13.9. The second-order valence-corrected chi connectivity index (χ2v) is 6.15. The minimum atomic E-state index is -0.590. The van der Waals surface area contributed by atoms with E-state index in [1.54, 1.807) is 19.1 Å². The van der Waals surface area contributed by atoms with E-state index < -0.39 is 11.0 Å². The van der Waals surface area contributed by atoms with Gasteiger partial charge in [-0.3, -0.25) is 10.1 Å². The lowest BCUT2D eigenvalue weighted by molar-refractivity contribution is -0.384. The minimum Gasteiger partial charge on any atom is -0.346 e. The molecule has 3 N–H and O–H groups in total. The molecular weight excluding hydrogens is 352 g/mol. The molecule has 0 aromatic heterocycles. The fourth-order valence-corrected chi connectivity index (χ4v) is 3.17. The van der Waals surface area contributed by atoms with Gasteiger partial charge in [0.15, 0.2) is 0 Å². The van der Waals surface area contributed by atoms with E-state index in [0.717, 1.165) is 5.69 Å². The highest BCUT2D eigenvalue weighted by atomic mass is 32.1. The molecule has 0 bridgehead atoms. The number of urea groups is 1. The highest BCUT2D eigenvalue weighted by Crippen LogP contribution is 2.30. The van der Waals surface area contributed by atoms with Crippen molar-refractivity contribution in [1.29, 1.82) is 0 Å². The number of rotatable bonds is 4. The van der Waals surface area contributed by atoms with Crippen LogP contribution in [0.15, 0.2) is 65.9 Å². The number of carbonyl (C=O) groups excluding carboxylic acids is 1. The number of carbonyl (C=O) groups is 1. The fourth-order valence-electron chi connectivity index (χ4n) is 2.78. The second-order valence-electron chi connectivity index (χ2n) is 5.74. The lowest BCUT2D eigenvalue weighted by Crippen LogP contribution is -2.45. The molecule has 0 spiro atoms. The van der Waals surface area contributed by atoms with E-state index in [4.69, 9.17) is 12.2 Å². The normalized spacial score (nSPS) is 16.5. The molecule has 0 unspecified atom stereocenters. The molecule has 1 heterocycles. The van der Waals surface area contributed by atoms with Crippen molar-refractivity contribution >= 4 is 34.6 Å². The van der Waals surface area contributed by atoms with Gasteiger partial charge >= 0.3 is 6.03 Å². The molecule has 2 amide bonds. The third kappa shape index (κ3) is 3.70. The number of nitro groups is 1. The van der Waals surface area contributed by atoms with E-state index in [1.165, 1.54) is 12.1 Å². The Morgan fingerprint density at radius 3 is 2.62 bits per heavy atom. The molecule has 26 heavy (non-hydrogen) atoms. The largest absolute Gasteiger partial charge is 0.346 e. The first-order chi connectivity index (χ1) is 12.5. The average molecular weight is 368 g/mol. The highest BCUT2D eigenvalue weighted by Gasteiger charge is 2.30. The monoisotopic (exact) mass is 368 g/mol. The van der Waals surface area contributed by atoms with Crippen LogP contribution in [0.3, 0.4) is 0 Å². The summed E-state index contributed by atoms with van der Waals surface area (Å²) in [4.78, 5) is 23.0. The SMILES string of the molecule is CC1=C(C(=S)Nc2ccccc2)[C@@H](c2cccc([N+](=O)[O-])c2)NC(=O)N1. The van der Waals surface area contributed by atoms with E-state index in [-0.39, 0.29) is 11.7 Å². The van der Waals surface area contributed by atoms with Crippen molar-refractivity contribution < 1.29 is 9.72 Å². The van der Waals surface area contributed by atoms with Gasteiger partial charge in [0.2, 0.25) is 0 Å². The maximum absolute atomic E-state index is 11.9. The summed E-state index contributed by atoms with van der Waals surface area (Å²) in [6.07, 6.45) is 0. The van der Waals surface area contributed by atoms with Gasteiger partial charge in [-0.2, -0.15) is 0 Å². The van der Waals surface area contributed by atoms with E-state index >= 15 is 0 Å². The first-order valence-corrected chi connectivity index (χ1v) is 8.25. The molecule has 2 aromatic rings. The zero-order valence-corrected chi connectivity index (χ0v) is 14.7. The second kappa shape index (κ2) is 7.32. The van der Waals surface area contributed by atoms with Gasteiger partial charge < -0.3 is 16.0 Å². The Morgan fingerprint density at radius 2 is 1.92 bits per heavy atom. The van der Waals surface area contributed by atoms with Crippen molar-refractivity contribution in [2.45, 2.75) is 13.0 Å². The number of nitrogens with one attached hydrogen (secondary N) is 3. The molecular formula is C18H16N4O3S. The summed E-state index contributed by atoms with van der Waals surface area (Å²) in [6.45, 7) is 1.75. The van der Waals surface area contributed by atoms with Gasteiger partial charge in [0.1, 0.15) is 4.99 Å². The van der Waals surface area contributed by atoms with E-state index in [2.05, 4.69) is 16.0 Å². The maximum atomic E-state index is 11.9. The predicted octanol–water partition coefficient (Wildman–Crippen LogP) is 3.66. The number of para-hydroxylation sites is 1. The van der Waals surface area contributed by atoms with Crippen LogP contribution in [0.5, 0.6) is 0 Å². The van der Waals surface area contributed by atoms with Crippen LogP contribution in [0.4, 0.5) is 16.2 Å². The standard InChI is InChI=1S/C18H16N4O3S/c1-11-15(17(26)20-13-7-3-2-4-8-13)16(21-18(23)19-11)12-6-5-9-14(10-12)22(24)25/h2-10,16H,1H3,(H,20,26)(H2,19,21,23)/t16-/m1/s1. The number of thiocarbonyl (C=S) groups is 1. The summed E-state index contributed by atoms with van der Waals surface area (Å²) in [7, 11) is 0. The minimum absolute atomic E-state index is 0.0470. The Morgan fingerprint density at radius 1 is 1.19 bits per heavy atom. The van der Waals surface area contributed by atoms with Gasteiger partial charge in [0.25, 0.3) is 5.69 Å². The summed E-state index contributed by atoms with van der Waals surface area (Å²) in [5, 5.41) is 19.7. The summed E-state index contributed by atoms with van der Waals surface area (Å²) < 4.78 is 0. The smallest absolute Gasteiger partial charge is 0.319 e. The molecule has 1 aliphatic rings. The third-order valence-corrected chi connectivity index (χ3v) is 4.28. The number of benzene rings is 2. The summed E-state index contributed by atoms with van der Waals surface area (Å²) in [5.41, 5.74) is 2.60. The molecule has 0 saturated carbocycles. The number of non-ortho nitro benzene ring substituents is 1. The van der Waals surface area contributed by atoms with Gasteiger partial charge in [-0.05, 0) is 24.6 Å². The van der Waals surface area contributed by atoms with Crippen molar-refractivity contribution in [3.05, 3.63) is 81.5 Å². The molecule has 0 fully saturated rings. The lowest BCUT2D eigenvalue weighted by atomic mass is 9.95. The van der Waals surface area contributed by atoms with E-state index in [9.17, 15) is 14.9 Å². The predicted molar refractivity (Wildman–Crippen MR) is 103 cm³/mol. The van der Waals surface area contributed by atoms with Crippen LogP contribution in [-0.2, 0) is 0 Å². The number of anilines is 1. The van der Waals surface area contributed by atoms with E-state index in [0.29, 0.717) is 21.8 Å². The van der Waals surface area contributed by atoms with Crippen molar-refractivity contribution in [2.24, 2.45) is 0 Å². The van der Waals surface area contributed by atoms with Crippen molar-refractivity contribution in [3.8, 4) is 0 Å². The molecule has 132 valence electrons. The maximum Gasteiger partial charge on any atom is 0.319 e. The molecule has 1 aliphatic heterocycles. The summed E-state index contributed by atoms with van der Waals surface area (Å²) >= 11 is 5.54. The van der Waals surface area contributed by atoms with Crippen LogP contribution >= 0.6 is 12.2 Å². The van der Waals surface area contributed by atoms with Gasteiger partial charge in [0.05, 0.1) is 11.0 Å². The number of allylic oxidation sites excluding steroid dienone is 1. The Labute approximate surface area is 155 Å². The number of hydrogen-bond donors (Lipinski definition) is 3. The number of amides is 2. The molecule has 0 radical (unpaired) electrons. The van der Waals surface area contributed by atoms with Gasteiger partial charge in [-0.1, -0.05) is 42.5 Å². The quantitative estimate of drug-likeness (QED) is 0.435. The average Bonchev–Trinajstić information content (AvgIpc) is 2.61. The summed E-state index contributed by atoms with van der Waals surface area (Å²) in [6, 6.07) is 14.6. The van der Waals surface area contributed by atoms with Crippen molar-refractivity contribution in [2.75, 3.05) is 5.32 Å². The molecule has 0 aliphatic carbocycles. The van der Waals surface area contributed by atoms with Gasteiger partial charge in [-0.25, -0.2) is 4.79 Å². The van der Waals surface area contributed by atoms with Crippen LogP contribution in [0.25, 0.3) is 0 Å². The molecule has 7 nitrogen and oxygen atoms in total. The molecule has 3 rings (SSSR count). The molecule has 2 aromatic carbocycles. The van der Waals surface area contributed by atoms with E-state index in [1.807, 2.05) is 30.3 Å². The van der Waals surface area contributed by atoms with Gasteiger partial charge in [0, 0.05) is 29.1 Å². The van der Waals surface area contributed by atoms with Crippen molar-refractivity contribution in [3.63, 3.8) is 0 Å². The molecule has 8 heteroatoms. The topological polar surface area (TPSA) is 96.3 Å². The third-order valence-electron chi connectivity index (χ3n) is 3.96. The Bertz CT molecular complexity index is 912. The Hall–Kier alpha value is -3.26. The Kier molecular flexibility index (Phi) is 4.94. The van der Waals surface area contributed by atoms with Crippen LogP contribution in [0.1, 0.15) is 18.5 Å². The number of hydrogen-bond acceptors (Lipinski definition) is 4. The highest BCUT2D eigenvalue weighted by molar-refractivity contribution is 7.81. The zero-order chi connectivity index (χ0) is 18.7. The van der Waals surface area contributed by atoms with Crippen LogP contribution in [0, 0.1) is 10.1 Å².